The quantitative estimate of drug-likeness (QED) is 0.836. The second-order valence-electron chi connectivity index (χ2n) is 3.48. The van der Waals surface area contributed by atoms with E-state index in [1.165, 1.54) is 6.20 Å². The average molecular weight is 231 g/mol. The van der Waals surface area contributed by atoms with Gasteiger partial charge in [-0.3, -0.25) is 4.79 Å². The number of ether oxygens (including phenoxy) is 1. The standard InChI is InChI=1S/C13H13NO3/c15-8-9-17-11-6-7-14-13(16)12(11)10-4-2-1-3-5-10/h1-7,15H,8-9H2,(H,14,16). The molecule has 0 saturated heterocycles. The van der Waals surface area contributed by atoms with E-state index >= 15 is 0 Å². The van der Waals surface area contributed by atoms with Crippen LogP contribution in [0, 0.1) is 0 Å². The molecule has 1 aromatic carbocycles. The molecule has 0 atom stereocenters. The van der Waals surface area contributed by atoms with E-state index < -0.39 is 0 Å². The fourth-order valence-electron chi connectivity index (χ4n) is 1.61. The monoisotopic (exact) mass is 231 g/mol. The highest BCUT2D eigenvalue weighted by molar-refractivity contribution is 5.69. The van der Waals surface area contributed by atoms with Crippen LogP contribution in [0.2, 0.25) is 0 Å². The number of aliphatic hydroxyl groups is 1. The number of hydrogen-bond donors (Lipinski definition) is 2. The Labute approximate surface area is 98.5 Å². The van der Waals surface area contributed by atoms with Gasteiger partial charge in [-0.2, -0.15) is 0 Å². The van der Waals surface area contributed by atoms with Gasteiger partial charge in [0.2, 0.25) is 0 Å². The molecule has 88 valence electrons. The molecule has 0 fully saturated rings. The van der Waals surface area contributed by atoms with Crippen LogP contribution in [-0.2, 0) is 0 Å². The van der Waals surface area contributed by atoms with Crippen molar-refractivity contribution in [2.24, 2.45) is 0 Å². The summed E-state index contributed by atoms with van der Waals surface area (Å²) in [5.41, 5.74) is 1.08. The van der Waals surface area contributed by atoms with Crippen molar-refractivity contribution < 1.29 is 9.84 Å². The minimum Gasteiger partial charge on any atom is -0.490 e. The second-order valence-corrected chi connectivity index (χ2v) is 3.48. The Balaban J connectivity index is 2.48. The molecule has 0 aliphatic rings. The number of aliphatic hydroxyl groups excluding tert-OH is 1. The zero-order chi connectivity index (χ0) is 12.1. The maximum Gasteiger partial charge on any atom is 0.259 e. The number of H-pyrrole nitrogens is 1. The third-order valence-corrected chi connectivity index (χ3v) is 2.33. The van der Waals surface area contributed by atoms with Crippen molar-refractivity contribution in [3.63, 3.8) is 0 Å². The minimum atomic E-state index is -0.202. The fourth-order valence-corrected chi connectivity index (χ4v) is 1.61. The molecule has 17 heavy (non-hydrogen) atoms. The van der Waals surface area contributed by atoms with Crippen LogP contribution in [0.3, 0.4) is 0 Å². The van der Waals surface area contributed by atoms with Crippen molar-refractivity contribution in [2.45, 2.75) is 0 Å². The van der Waals surface area contributed by atoms with E-state index in [-0.39, 0.29) is 18.8 Å². The Morgan fingerprint density at radius 3 is 2.65 bits per heavy atom. The van der Waals surface area contributed by atoms with Gasteiger partial charge in [-0.1, -0.05) is 30.3 Å². The minimum absolute atomic E-state index is 0.0823. The van der Waals surface area contributed by atoms with Gasteiger partial charge in [0, 0.05) is 6.20 Å². The highest BCUT2D eigenvalue weighted by Crippen LogP contribution is 2.25. The SMILES string of the molecule is O=c1[nH]ccc(OCCO)c1-c1ccccc1. The molecule has 4 heteroatoms. The van der Waals surface area contributed by atoms with Crippen molar-refractivity contribution >= 4 is 0 Å². The van der Waals surface area contributed by atoms with Crippen molar-refractivity contribution in [2.75, 3.05) is 13.2 Å². The van der Waals surface area contributed by atoms with Gasteiger partial charge in [0.15, 0.2) is 0 Å². The van der Waals surface area contributed by atoms with Crippen LogP contribution in [0.15, 0.2) is 47.4 Å². The first kappa shape index (κ1) is 11.4. The summed E-state index contributed by atoms with van der Waals surface area (Å²) in [6, 6.07) is 11.0. The molecule has 2 rings (SSSR count). The maximum absolute atomic E-state index is 11.8. The number of rotatable bonds is 4. The molecular weight excluding hydrogens is 218 g/mol. The molecule has 0 aliphatic carbocycles. The first-order chi connectivity index (χ1) is 8.33. The van der Waals surface area contributed by atoms with Crippen LogP contribution in [0.25, 0.3) is 11.1 Å². The Morgan fingerprint density at radius 2 is 1.94 bits per heavy atom. The number of pyridine rings is 1. The summed E-state index contributed by atoms with van der Waals surface area (Å²) in [4.78, 5) is 14.4. The van der Waals surface area contributed by atoms with Crippen molar-refractivity contribution in [3.05, 3.63) is 52.9 Å². The predicted molar refractivity (Wildman–Crippen MR) is 65.1 cm³/mol. The van der Waals surface area contributed by atoms with E-state index in [4.69, 9.17) is 9.84 Å². The average Bonchev–Trinajstić information content (AvgIpc) is 2.37. The lowest BCUT2D eigenvalue weighted by molar-refractivity contribution is 0.201. The summed E-state index contributed by atoms with van der Waals surface area (Å²) in [7, 11) is 0. The van der Waals surface area contributed by atoms with Crippen LogP contribution >= 0.6 is 0 Å². The lowest BCUT2D eigenvalue weighted by atomic mass is 10.1. The third kappa shape index (κ3) is 2.54. The zero-order valence-corrected chi connectivity index (χ0v) is 9.22. The predicted octanol–water partition coefficient (Wildman–Crippen LogP) is 1.41. The molecule has 2 aromatic rings. The summed E-state index contributed by atoms with van der Waals surface area (Å²) >= 11 is 0. The molecule has 0 aliphatic heterocycles. The Kier molecular flexibility index (Phi) is 3.57. The molecule has 0 bridgehead atoms. The van der Waals surface area contributed by atoms with Gasteiger partial charge in [0.1, 0.15) is 12.4 Å². The highest BCUT2D eigenvalue weighted by atomic mass is 16.5. The number of hydrogen-bond acceptors (Lipinski definition) is 3. The summed E-state index contributed by atoms with van der Waals surface area (Å²) < 4.78 is 5.35. The van der Waals surface area contributed by atoms with Crippen LogP contribution in [0.5, 0.6) is 5.75 Å². The van der Waals surface area contributed by atoms with E-state index in [1.54, 1.807) is 6.07 Å². The first-order valence-corrected chi connectivity index (χ1v) is 5.33. The van der Waals surface area contributed by atoms with Crippen LogP contribution < -0.4 is 10.3 Å². The summed E-state index contributed by atoms with van der Waals surface area (Å²) in [5.74, 6) is 0.481. The molecule has 1 aromatic heterocycles. The van der Waals surface area contributed by atoms with Crippen molar-refractivity contribution in [3.8, 4) is 16.9 Å². The second kappa shape index (κ2) is 5.32. The number of aromatic amines is 1. The van der Waals surface area contributed by atoms with Crippen molar-refractivity contribution in [1.82, 2.24) is 4.98 Å². The van der Waals surface area contributed by atoms with Gasteiger partial charge in [-0.25, -0.2) is 0 Å². The Bertz CT molecular complexity index is 534. The van der Waals surface area contributed by atoms with Gasteiger partial charge < -0.3 is 14.8 Å². The normalized spacial score (nSPS) is 10.2. The van der Waals surface area contributed by atoms with Crippen LogP contribution in [-0.4, -0.2) is 23.3 Å². The van der Waals surface area contributed by atoms with E-state index in [1.807, 2.05) is 30.3 Å². The molecular formula is C13H13NO3. The third-order valence-electron chi connectivity index (χ3n) is 2.33. The fraction of sp³-hybridized carbons (Fsp3) is 0.154. The zero-order valence-electron chi connectivity index (χ0n) is 9.22. The lowest BCUT2D eigenvalue weighted by Crippen LogP contribution is -2.12. The molecule has 0 saturated carbocycles. The molecule has 0 unspecified atom stereocenters. The van der Waals surface area contributed by atoms with Gasteiger partial charge in [0.05, 0.1) is 12.2 Å². The maximum atomic E-state index is 11.8. The van der Waals surface area contributed by atoms with E-state index in [0.29, 0.717) is 11.3 Å². The largest absolute Gasteiger partial charge is 0.490 e. The molecule has 0 spiro atoms. The lowest BCUT2D eigenvalue weighted by Gasteiger charge is -2.09. The molecule has 4 nitrogen and oxygen atoms in total. The van der Waals surface area contributed by atoms with Gasteiger partial charge >= 0.3 is 0 Å². The highest BCUT2D eigenvalue weighted by Gasteiger charge is 2.09. The van der Waals surface area contributed by atoms with E-state index in [9.17, 15) is 4.79 Å². The number of nitrogens with one attached hydrogen (secondary N) is 1. The van der Waals surface area contributed by atoms with Gasteiger partial charge in [-0.05, 0) is 11.6 Å². The van der Waals surface area contributed by atoms with Crippen molar-refractivity contribution in [1.29, 1.82) is 0 Å². The number of benzene rings is 1. The summed E-state index contributed by atoms with van der Waals surface area (Å²) in [5, 5.41) is 8.75. The van der Waals surface area contributed by atoms with E-state index in [2.05, 4.69) is 4.98 Å². The number of aromatic nitrogens is 1. The van der Waals surface area contributed by atoms with E-state index in [0.717, 1.165) is 5.56 Å². The topological polar surface area (TPSA) is 62.3 Å². The first-order valence-electron chi connectivity index (χ1n) is 5.33. The molecule has 0 radical (unpaired) electrons. The molecule has 1 heterocycles. The van der Waals surface area contributed by atoms with Crippen LogP contribution in [0.4, 0.5) is 0 Å². The van der Waals surface area contributed by atoms with Gasteiger partial charge in [-0.15, -0.1) is 0 Å². The molecule has 2 N–H and O–H groups in total. The Hall–Kier alpha value is -2.07. The summed E-state index contributed by atoms with van der Waals surface area (Å²) in [6.45, 7) is 0.0876. The molecule has 0 amide bonds. The Morgan fingerprint density at radius 1 is 1.18 bits per heavy atom. The summed E-state index contributed by atoms with van der Waals surface area (Å²) in [6.07, 6.45) is 1.53. The smallest absolute Gasteiger partial charge is 0.259 e. The van der Waals surface area contributed by atoms with Gasteiger partial charge in [0.25, 0.3) is 5.56 Å². The van der Waals surface area contributed by atoms with Crippen LogP contribution in [0.1, 0.15) is 0 Å².